The summed E-state index contributed by atoms with van der Waals surface area (Å²) < 4.78 is 0. The molecule has 0 aromatic rings. The second-order valence-corrected chi connectivity index (χ2v) is 4.71. The fourth-order valence-electron chi connectivity index (χ4n) is 1.05. The number of alkyl halides is 1. The highest BCUT2D eigenvalue weighted by molar-refractivity contribution is 9.09. The summed E-state index contributed by atoms with van der Waals surface area (Å²) in [7, 11) is 2.88. The van der Waals surface area contributed by atoms with Crippen molar-refractivity contribution in [2.24, 2.45) is 5.92 Å². The van der Waals surface area contributed by atoms with Crippen LogP contribution in [0, 0.1) is 5.92 Å². The van der Waals surface area contributed by atoms with Crippen LogP contribution in [-0.2, 0) is 0 Å². The Morgan fingerprint density at radius 2 is 2.33 bits per heavy atom. The zero-order valence-corrected chi connectivity index (χ0v) is 8.34. The molecule has 1 heterocycles. The molecular weight excluding hydrogens is 197 g/mol. The Morgan fingerprint density at radius 1 is 1.67 bits per heavy atom. The Hall–Kier alpha value is 0.870. The molecule has 0 saturated carbocycles. The molecule has 1 aliphatic heterocycles. The van der Waals surface area contributed by atoms with Gasteiger partial charge in [0.1, 0.15) is 0 Å². The van der Waals surface area contributed by atoms with Gasteiger partial charge in [0.2, 0.25) is 0 Å². The lowest BCUT2D eigenvalue weighted by molar-refractivity contribution is 0.397. The molecule has 54 valence electrons. The van der Waals surface area contributed by atoms with Crippen molar-refractivity contribution in [2.45, 2.75) is 24.0 Å². The first-order valence-corrected chi connectivity index (χ1v) is 4.91. The Bertz CT molecular complexity index is 99.1. The zero-order valence-electron chi connectivity index (χ0n) is 5.60. The average Bonchev–Trinajstić information content (AvgIpc) is 1.80. The van der Waals surface area contributed by atoms with Gasteiger partial charge < -0.3 is 5.32 Å². The number of rotatable bonds is 0. The maximum absolute atomic E-state index is 3.54. The summed E-state index contributed by atoms with van der Waals surface area (Å²) in [4.78, 5) is 0.546. The van der Waals surface area contributed by atoms with Crippen LogP contribution in [-0.4, -0.2) is 17.2 Å². The predicted octanol–water partition coefficient (Wildman–Crippen LogP) is 1.58. The minimum Gasteiger partial charge on any atom is -0.304 e. The van der Waals surface area contributed by atoms with Crippen molar-refractivity contribution >= 4 is 25.2 Å². The largest absolute Gasteiger partial charge is 0.304 e. The summed E-state index contributed by atoms with van der Waals surface area (Å²) in [6.45, 7) is 3.43. The lowest BCUT2D eigenvalue weighted by Crippen LogP contribution is -2.40. The minimum atomic E-state index is 0.546. The van der Waals surface area contributed by atoms with Gasteiger partial charge in [-0.15, -0.1) is 9.24 Å². The molecule has 1 nitrogen and oxygen atoms in total. The van der Waals surface area contributed by atoms with Crippen molar-refractivity contribution in [3.8, 4) is 0 Å². The molecule has 4 atom stereocenters. The van der Waals surface area contributed by atoms with Crippen LogP contribution in [0.1, 0.15) is 13.3 Å². The van der Waals surface area contributed by atoms with Crippen LogP contribution in [0.2, 0.25) is 0 Å². The average molecular weight is 210 g/mol. The van der Waals surface area contributed by atoms with Crippen molar-refractivity contribution in [3.63, 3.8) is 0 Å². The van der Waals surface area contributed by atoms with Crippen molar-refractivity contribution in [1.82, 2.24) is 5.32 Å². The fourth-order valence-corrected chi connectivity index (χ4v) is 2.12. The molecule has 4 unspecified atom stereocenters. The van der Waals surface area contributed by atoms with Gasteiger partial charge in [-0.05, 0) is 18.0 Å². The third-order valence-corrected chi connectivity index (χ3v) is 3.47. The van der Waals surface area contributed by atoms with Crippen LogP contribution in [0.5, 0.6) is 0 Å². The Balaban J connectivity index is 2.35. The van der Waals surface area contributed by atoms with E-state index in [1.54, 1.807) is 0 Å². The number of halogens is 1. The molecule has 1 fully saturated rings. The summed E-state index contributed by atoms with van der Waals surface area (Å²) in [5.41, 5.74) is 0.763. The Labute approximate surface area is 67.3 Å². The van der Waals surface area contributed by atoms with Crippen LogP contribution in [0.3, 0.4) is 0 Å². The van der Waals surface area contributed by atoms with Crippen molar-refractivity contribution in [2.75, 3.05) is 6.54 Å². The molecule has 1 rings (SSSR count). The maximum atomic E-state index is 3.54. The first kappa shape index (κ1) is 7.97. The summed E-state index contributed by atoms with van der Waals surface area (Å²) in [5.74, 6) is 0.834. The summed E-state index contributed by atoms with van der Waals surface area (Å²) in [5, 5.41) is 3.36. The van der Waals surface area contributed by atoms with Crippen molar-refractivity contribution in [3.05, 3.63) is 0 Å². The van der Waals surface area contributed by atoms with Crippen molar-refractivity contribution < 1.29 is 0 Å². The van der Waals surface area contributed by atoms with E-state index in [2.05, 4.69) is 37.4 Å². The van der Waals surface area contributed by atoms with Crippen LogP contribution in [0.25, 0.3) is 0 Å². The number of piperidine rings is 1. The molecule has 0 radical (unpaired) electrons. The van der Waals surface area contributed by atoms with Gasteiger partial charge in [0.25, 0.3) is 0 Å². The van der Waals surface area contributed by atoms with Crippen molar-refractivity contribution in [1.29, 1.82) is 0 Å². The Morgan fingerprint density at radius 3 is 2.78 bits per heavy atom. The summed E-state index contributed by atoms with van der Waals surface area (Å²) in [6, 6.07) is 0. The topological polar surface area (TPSA) is 12.0 Å². The standard InChI is InChI=1S/C6H13BrNP/c1-4-2-6(7)8-3-5(4)9/h4-6,8H,2-3,9H2,1H3. The first-order valence-electron chi connectivity index (χ1n) is 3.33. The third-order valence-electron chi connectivity index (χ3n) is 1.88. The van der Waals surface area contributed by atoms with E-state index in [0.29, 0.717) is 4.95 Å². The van der Waals surface area contributed by atoms with E-state index in [-0.39, 0.29) is 0 Å². The smallest absolute Gasteiger partial charge is 0.0633 e. The highest BCUT2D eigenvalue weighted by atomic mass is 79.9. The van der Waals surface area contributed by atoms with E-state index in [1.165, 1.54) is 6.42 Å². The highest BCUT2D eigenvalue weighted by Crippen LogP contribution is 2.24. The minimum absolute atomic E-state index is 0.546. The second kappa shape index (κ2) is 3.32. The SMILES string of the molecule is CC1CC(Br)NCC1P. The molecule has 1 N–H and O–H groups in total. The molecule has 0 aliphatic carbocycles. The van der Waals surface area contributed by atoms with Crippen LogP contribution >= 0.6 is 25.2 Å². The number of hydrogen-bond acceptors (Lipinski definition) is 1. The molecule has 0 spiro atoms. The molecule has 0 aromatic heterocycles. The predicted molar refractivity (Wildman–Crippen MR) is 48.0 cm³/mol. The van der Waals surface area contributed by atoms with E-state index in [1.807, 2.05) is 0 Å². The van der Waals surface area contributed by atoms with Gasteiger partial charge in [0, 0.05) is 6.54 Å². The number of hydrogen-bond donors (Lipinski definition) is 1. The van der Waals surface area contributed by atoms with E-state index in [9.17, 15) is 0 Å². The van der Waals surface area contributed by atoms with Gasteiger partial charge in [0.15, 0.2) is 0 Å². The molecular formula is C6H13BrNP. The van der Waals surface area contributed by atoms with Crippen LogP contribution in [0.4, 0.5) is 0 Å². The van der Waals surface area contributed by atoms with Gasteiger partial charge in [-0.1, -0.05) is 22.9 Å². The molecule has 9 heavy (non-hydrogen) atoms. The van der Waals surface area contributed by atoms with Gasteiger partial charge in [-0.2, -0.15) is 0 Å². The molecule has 0 bridgehead atoms. The van der Waals surface area contributed by atoms with E-state index < -0.39 is 0 Å². The summed E-state index contributed by atoms with van der Waals surface area (Å²) >= 11 is 3.54. The van der Waals surface area contributed by atoms with E-state index in [0.717, 1.165) is 18.1 Å². The third kappa shape index (κ3) is 2.18. The van der Waals surface area contributed by atoms with E-state index >= 15 is 0 Å². The van der Waals surface area contributed by atoms with Crippen LogP contribution in [0.15, 0.2) is 0 Å². The lowest BCUT2D eigenvalue weighted by atomic mass is 10.0. The van der Waals surface area contributed by atoms with E-state index in [4.69, 9.17) is 0 Å². The zero-order chi connectivity index (χ0) is 6.85. The Kier molecular flexibility index (Phi) is 2.94. The monoisotopic (exact) mass is 209 g/mol. The van der Waals surface area contributed by atoms with Gasteiger partial charge in [-0.3, -0.25) is 0 Å². The summed E-state index contributed by atoms with van der Waals surface area (Å²) in [6.07, 6.45) is 1.24. The lowest BCUT2D eigenvalue weighted by Gasteiger charge is -2.29. The molecule has 0 aromatic carbocycles. The normalized spacial score (nSPS) is 45.0. The molecule has 0 amide bonds. The van der Waals surface area contributed by atoms with Gasteiger partial charge >= 0.3 is 0 Å². The van der Waals surface area contributed by atoms with Gasteiger partial charge in [0.05, 0.1) is 4.95 Å². The first-order chi connectivity index (χ1) is 4.20. The maximum Gasteiger partial charge on any atom is 0.0633 e. The fraction of sp³-hybridized carbons (Fsp3) is 1.00. The molecule has 1 saturated heterocycles. The molecule has 3 heteroatoms. The molecule has 1 aliphatic rings. The second-order valence-electron chi connectivity index (χ2n) is 2.75. The van der Waals surface area contributed by atoms with Crippen LogP contribution < -0.4 is 5.32 Å². The van der Waals surface area contributed by atoms with Gasteiger partial charge in [-0.25, -0.2) is 0 Å². The quantitative estimate of drug-likeness (QED) is 0.363. The number of nitrogens with one attached hydrogen (secondary N) is 1. The highest BCUT2D eigenvalue weighted by Gasteiger charge is 2.21.